The Morgan fingerprint density at radius 1 is 1.54 bits per heavy atom. The lowest BCUT2D eigenvalue weighted by Crippen LogP contribution is -2.41. The molecule has 2 heteroatoms. The molecule has 1 aliphatic carbocycles. The third-order valence-corrected chi connectivity index (χ3v) is 3.21. The maximum Gasteiger partial charge on any atom is 0.303 e. The Balaban J connectivity index is 2.64. The molecule has 0 spiro atoms. The molecule has 0 heterocycles. The van der Waals surface area contributed by atoms with Crippen LogP contribution in [-0.2, 0) is 9.53 Å². The van der Waals surface area contributed by atoms with Gasteiger partial charge in [-0.25, -0.2) is 0 Å². The van der Waals surface area contributed by atoms with Crippen molar-refractivity contribution < 1.29 is 9.53 Å². The van der Waals surface area contributed by atoms with Crippen LogP contribution >= 0.6 is 0 Å². The van der Waals surface area contributed by atoms with E-state index in [0.717, 1.165) is 12.8 Å². The smallest absolute Gasteiger partial charge is 0.303 e. The molecule has 2 unspecified atom stereocenters. The molecule has 0 saturated heterocycles. The Morgan fingerprint density at radius 2 is 2.23 bits per heavy atom. The highest BCUT2D eigenvalue weighted by atomic mass is 16.6. The molecule has 0 aliphatic heterocycles. The number of ether oxygens (including phenoxy) is 1. The van der Waals surface area contributed by atoms with E-state index >= 15 is 0 Å². The minimum absolute atomic E-state index is 0.136. The molecule has 2 atom stereocenters. The molecule has 1 aliphatic rings. The lowest BCUT2D eigenvalue weighted by molar-refractivity contribution is -0.165. The minimum atomic E-state index is -0.182. The van der Waals surface area contributed by atoms with Gasteiger partial charge in [-0.05, 0) is 38.5 Å². The van der Waals surface area contributed by atoms with E-state index in [2.05, 4.69) is 13.8 Å². The van der Waals surface area contributed by atoms with Crippen molar-refractivity contribution in [1.29, 1.82) is 0 Å². The highest BCUT2D eigenvalue weighted by molar-refractivity contribution is 5.66. The Kier molecular flexibility index (Phi) is 3.34. The molecule has 76 valence electrons. The molecule has 0 amide bonds. The van der Waals surface area contributed by atoms with Gasteiger partial charge in [-0.2, -0.15) is 0 Å². The summed E-state index contributed by atoms with van der Waals surface area (Å²) >= 11 is 0. The first-order valence-corrected chi connectivity index (χ1v) is 5.28. The van der Waals surface area contributed by atoms with Crippen molar-refractivity contribution >= 4 is 5.97 Å². The highest BCUT2D eigenvalue weighted by Crippen LogP contribution is 2.38. The molecule has 1 fully saturated rings. The zero-order valence-electron chi connectivity index (χ0n) is 8.93. The van der Waals surface area contributed by atoms with Gasteiger partial charge >= 0.3 is 5.97 Å². The predicted molar refractivity (Wildman–Crippen MR) is 52.4 cm³/mol. The number of carbonyl (C=O) groups excluding carboxylic acids is 1. The van der Waals surface area contributed by atoms with Crippen LogP contribution < -0.4 is 0 Å². The van der Waals surface area contributed by atoms with E-state index in [0.29, 0.717) is 5.92 Å². The Bertz CT molecular complexity index is 189. The molecule has 1 rings (SSSR count). The summed E-state index contributed by atoms with van der Waals surface area (Å²) in [6, 6.07) is 0. The average Bonchev–Trinajstić information content (AvgIpc) is 2.03. The Morgan fingerprint density at radius 3 is 2.77 bits per heavy atom. The van der Waals surface area contributed by atoms with E-state index in [1.807, 2.05) is 0 Å². The second-order valence-corrected chi connectivity index (χ2v) is 4.26. The van der Waals surface area contributed by atoms with Crippen LogP contribution in [-0.4, -0.2) is 11.6 Å². The van der Waals surface area contributed by atoms with Gasteiger partial charge in [0.1, 0.15) is 5.60 Å². The van der Waals surface area contributed by atoms with E-state index < -0.39 is 0 Å². The first kappa shape index (κ1) is 10.6. The van der Waals surface area contributed by atoms with E-state index in [9.17, 15) is 4.79 Å². The van der Waals surface area contributed by atoms with E-state index in [1.165, 1.54) is 26.2 Å². The maximum atomic E-state index is 11.0. The number of carbonyl (C=O) groups is 1. The summed E-state index contributed by atoms with van der Waals surface area (Å²) in [5.41, 5.74) is -0.182. The molecule has 0 radical (unpaired) electrons. The number of hydrogen-bond acceptors (Lipinski definition) is 2. The van der Waals surface area contributed by atoms with E-state index in [1.54, 1.807) is 0 Å². The fraction of sp³-hybridized carbons (Fsp3) is 0.909. The fourth-order valence-electron chi connectivity index (χ4n) is 2.47. The number of esters is 1. The molecule has 0 aromatic heterocycles. The second-order valence-electron chi connectivity index (χ2n) is 4.26. The lowest BCUT2D eigenvalue weighted by atomic mass is 9.75. The summed E-state index contributed by atoms with van der Waals surface area (Å²) in [5, 5.41) is 0. The lowest BCUT2D eigenvalue weighted by Gasteiger charge is -2.40. The summed E-state index contributed by atoms with van der Waals surface area (Å²) in [6.07, 6.45) is 5.84. The zero-order valence-corrected chi connectivity index (χ0v) is 8.93. The summed E-state index contributed by atoms with van der Waals surface area (Å²) in [6.45, 7) is 5.77. The van der Waals surface area contributed by atoms with Gasteiger partial charge in [0.25, 0.3) is 0 Å². The molecule has 0 N–H and O–H groups in total. The molecular weight excluding hydrogens is 164 g/mol. The monoisotopic (exact) mass is 184 g/mol. The number of rotatable bonds is 2. The molecule has 0 aromatic carbocycles. The highest BCUT2D eigenvalue weighted by Gasteiger charge is 2.37. The SMILES string of the molecule is CCC1CCCCC1(C)OC(C)=O. The van der Waals surface area contributed by atoms with Gasteiger partial charge in [0, 0.05) is 6.92 Å². The van der Waals surface area contributed by atoms with Gasteiger partial charge in [-0.1, -0.05) is 13.3 Å². The normalized spacial score (nSPS) is 34.2. The van der Waals surface area contributed by atoms with Gasteiger partial charge in [0.15, 0.2) is 0 Å². The molecule has 0 aromatic rings. The van der Waals surface area contributed by atoms with Crippen LogP contribution in [0.3, 0.4) is 0 Å². The van der Waals surface area contributed by atoms with Gasteiger partial charge in [0.2, 0.25) is 0 Å². The van der Waals surface area contributed by atoms with Crippen molar-refractivity contribution in [3.63, 3.8) is 0 Å². The molecule has 2 nitrogen and oxygen atoms in total. The van der Waals surface area contributed by atoms with Crippen LogP contribution in [0.2, 0.25) is 0 Å². The quantitative estimate of drug-likeness (QED) is 0.617. The summed E-state index contributed by atoms with van der Waals surface area (Å²) in [7, 11) is 0. The van der Waals surface area contributed by atoms with Gasteiger partial charge in [-0.15, -0.1) is 0 Å². The summed E-state index contributed by atoms with van der Waals surface area (Å²) in [4.78, 5) is 11.0. The molecule has 13 heavy (non-hydrogen) atoms. The van der Waals surface area contributed by atoms with Crippen molar-refractivity contribution in [2.45, 2.75) is 58.5 Å². The number of hydrogen-bond donors (Lipinski definition) is 0. The first-order chi connectivity index (χ1) is 6.08. The van der Waals surface area contributed by atoms with Crippen LogP contribution in [0.1, 0.15) is 52.9 Å². The standard InChI is InChI=1S/C11H20O2/c1-4-10-7-5-6-8-11(10,3)13-9(2)12/h10H,4-8H2,1-3H3. The van der Waals surface area contributed by atoms with Crippen LogP contribution in [0, 0.1) is 5.92 Å². The van der Waals surface area contributed by atoms with Crippen LogP contribution in [0.15, 0.2) is 0 Å². The fourth-order valence-corrected chi connectivity index (χ4v) is 2.47. The van der Waals surface area contributed by atoms with Crippen molar-refractivity contribution in [1.82, 2.24) is 0 Å². The van der Waals surface area contributed by atoms with Crippen LogP contribution in [0.25, 0.3) is 0 Å². The van der Waals surface area contributed by atoms with E-state index in [-0.39, 0.29) is 11.6 Å². The van der Waals surface area contributed by atoms with Crippen molar-refractivity contribution in [3.8, 4) is 0 Å². The van der Waals surface area contributed by atoms with Gasteiger partial charge in [-0.3, -0.25) is 4.79 Å². The maximum absolute atomic E-state index is 11.0. The second kappa shape index (κ2) is 4.12. The summed E-state index contributed by atoms with van der Waals surface area (Å²) < 4.78 is 5.44. The molecule has 1 saturated carbocycles. The first-order valence-electron chi connectivity index (χ1n) is 5.28. The Hall–Kier alpha value is -0.530. The van der Waals surface area contributed by atoms with Crippen molar-refractivity contribution in [3.05, 3.63) is 0 Å². The van der Waals surface area contributed by atoms with Crippen LogP contribution in [0.5, 0.6) is 0 Å². The topological polar surface area (TPSA) is 26.3 Å². The Labute approximate surface area is 80.7 Å². The van der Waals surface area contributed by atoms with Gasteiger partial charge in [0.05, 0.1) is 0 Å². The predicted octanol–water partition coefficient (Wildman–Crippen LogP) is 2.91. The van der Waals surface area contributed by atoms with Crippen LogP contribution in [0.4, 0.5) is 0 Å². The minimum Gasteiger partial charge on any atom is -0.459 e. The summed E-state index contributed by atoms with van der Waals surface area (Å²) in [5.74, 6) is 0.424. The van der Waals surface area contributed by atoms with Crippen molar-refractivity contribution in [2.75, 3.05) is 0 Å². The van der Waals surface area contributed by atoms with Crippen molar-refractivity contribution in [2.24, 2.45) is 5.92 Å². The zero-order chi connectivity index (χ0) is 9.90. The third-order valence-electron chi connectivity index (χ3n) is 3.21. The third kappa shape index (κ3) is 2.45. The van der Waals surface area contributed by atoms with Gasteiger partial charge < -0.3 is 4.74 Å². The molecule has 0 bridgehead atoms. The largest absolute Gasteiger partial charge is 0.459 e. The average molecular weight is 184 g/mol. The van der Waals surface area contributed by atoms with E-state index in [4.69, 9.17) is 4.74 Å². The molecular formula is C11H20O2.